The van der Waals surface area contributed by atoms with Crippen molar-refractivity contribution in [3.63, 3.8) is 0 Å². The molecule has 0 saturated heterocycles. The van der Waals surface area contributed by atoms with Crippen molar-refractivity contribution in [1.82, 2.24) is 10.4 Å². The molecule has 0 aromatic carbocycles. The Morgan fingerprint density at radius 1 is 1.78 bits per heavy atom. The van der Waals surface area contributed by atoms with Crippen molar-refractivity contribution in [1.29, 1.82) is 0 Å². The summed E-state index contributed by atoms with van der Waals surface area (Å²) < 4.78 is 0. The highest BCUT2D eigenvalue weighted by Crippen LogP contribution is 2.04. The van der Waals surface area contributed by atoms with Gasteiger partial charge < -0.3 is 0 Å². The summed E-state index contributed by atoms with van der Waals surface area (Å²) in [6.45, 7) is 0.822. The summed E-state index contributed by atoms with van der Waals surface area (Å²) in [4.78, 5) is 5.20. The number of hydrazine groups is 1. The van der Waals surface area contributed by atoms with E-state index in [9.17, 15) is 0 Å². The number of nitrogens with zero attached hydrogens (tertiary/aromatic N) is 1. The molecule has 1 aromatic rings. The third kappa shape index (κ3) is 2.09. The Morgan fingerprint density at radius 2 is 2.67 bits per heavy atom. The molecule has 0 radical (unpaired) electrons. The van der Waals surface area contributed by atoms with Crippen LogP contribution in [0.15, 0.2) is 11.7 Å². The van der Waals surface area contributed by atoms with E-state index in [1.54, 1.807) is 11.3 Å². The van der Waals surface area contributed by atoms with Gasteiger partial charge in [0.1, 0.15) is 0 Å². The Morgan fingerprint density at radius 3 is 3.22 bits per heavy atom. The second-order valence-electron chi connectivity index (χ2n) is 1.67. The van der Waals surface area contributed by atoms with Gasteiger partial charge in [0, 0.05) is 17.6 Å². The van der Waals surface area contributed by atoms with Gasteiger partial charge in [-0.15, -0.1) is 11.3 Å². The second-order valence-corrected chi connectivity index (χ2v) is 2.64. The Labute approximate surface area is 57.9 Å². The minimum absolute atomic E-state index is 0.822. The van der Waals surface area contributed by atoms with Gasteiger partial charge in [-0.2, -0.15) is 0 Å². The number of hydrogen-bond acceptors (Lipinski definition) is 4. The van der Waals surface area contributed by atoms with Crippen LogP contribution in [0.5, 0.6) is 0 Å². The molecular weight excluding hydrogens is 134 g/mol. The maximum atomic E-state index is 5.08. The van der Waals surface area contributed by atoms with Crippen molar-refractivity contribution >= 4 is 11.3 Å². The highest BCUT2D eigenvalue weighted by molar-refractivity contribution is 7.09. The van der Waals surface area contributed by atoms with Crippen LogP contribution >= 0.6 is 11.3 Å². The molecule has 0 fully saturated rings. The number of nitrogens with two attached hydrogens (primary N) is 1. The first kappa shape index (κ1) is 6.67. The SMILES string of the molecule is NNCCc1cncs1. The van der Waals surface area contributed by atoms with Crippen molar-refractivity contribution in [2.45, 2.75) is 6.42 Å². The summed E-state index contributed by atoms with van der Waals surface area (Å²) in [5.74, 6) is 5.08. The molecule has 1 rings (SSSR count). The summed E-state index contributed by atoms with van der Waals surface area (Å²) >= 11 is 1.66. The van der Waals surface area contributed by atoms with Crippen molar-refractivity contribution in [3.05, 3.63) is 16.6 Å². The molecule has 1 heterocycles. The predicted octanol–water partition coefficient (Wildman–Crippen LogP) is 0.149. The standard InChI is InChI=1S/C5H9N3S/c6-8-2-1-5-3-7-4-9-5/h3-4,8H,1-2,6H2. The molecule has 1 aromatic heterocycles. The minimum Gasteiger partial charge on any atom is -0.271 e. The smallest absolute Gasteiger partial charge is 0.0794 e. The molecular formula is C5H9N3S. The van der Waals surface area contributed by atoms with Crippen LogP contribution in [0, 0.1) is 0 Å². The van der Waals surface area contributed by atoms with E-state index in [0.29, 0.717) is 0 Å². The minimum atomic E-state index is 0.822. The highest BCUT2D eigenvalue weighted by Gasteiger charge is 1.90. The predicted molar refractivity (Wildman–Crippen MR) is 38.0 cm³/mol. The molecule has 0 atom stereocenters. The van der Waals surface area contributed by atoms with Crippen LogP contribution in [0.1, 0.15) is 4.88 Å². The average Bonchev–Trinajstić information content (AvgIpc) is 2.34. The van der Waals surface area contributed by atoms with Gasteiger partial charge in [0.05, 0.1) is 5.51 Å². The van der Waals surface area contributed by atoms with Crippen LogP contribution in [0.25, 0.3) is 0 Å². The summed E-state index contributed by atoms with van der Waals surface area (Å²) in [6.07, 6.45) is 2.84. The van der Waals surface area contributed by atoms with E-state index in [4.69, 9.17) is 5.84 Å². The van der Waals surface area contributed by atoms with Crippen molar-refractivity contribution in [2.24, 2.45) is 5.84 Å². The van der Waals surface area contributed by atoms with E-state index in [-0.39, 0.29) is 0 Å². The lowest BCUT2D eigenvalue weighted by molar-refractivity contribution is 0.733. The molecule has 9 heavy (non-hydrogen) atoms. The quantitative estimate of drug-likeness (QED) is 0.468. The topological polar surface area (TPSA) is 50.9 Å². The molecule has 0 aliphatic rings. The van der Waals surface area contributed by atoms with Crippen LogP contribution in [0.4, 0.5) is 0 Å². The first-order valence-corrected chi connectivity index (χ1v) is 3.62. The lowest BCUT2D eigenvalue weighted by Crippen LogP contribution is -2.24. The summed E-state index contributed by atoms with van der Waals surface area (Å²) in [5.41, 5.74) is 4.41. The largest absolute Gasteiger partial charge is 0.271 e. The van der Waals surface area contributed by atoms with Gasteiger partial charge in [-0.05, 0) is 6.42 Å². The van der Waals surface area contributed by atoms with Gasteiger partial charge in [-0.25, -0.2) is 0 Å². The van der Waals surface area contributed by atoms with Gasteiger partial charge in [0.25, 0.3) is 0 Å². The number of thiazole rings is 1. The number of rotatable bonds is 3. The molecule has 0 amide bonds. The van der Waals surface area contributed by atoms with E-state index in [1.807, 2.05) is 11.7 Å². The lowest BCUT2D eigenvalue weighted by atomic mass is 10.4. The zero-order chi connectivity index (χ0) is 6.53. The zero-order valence-electron chi connectivity index (χ0n) is 5.00. The van der Waals surface area contributed by atoms with Gasteiger partial charge in [-0.3, -0.25) is 16.3 Å². The molecule has 0 bridgehead atoms. The van der Waals surface area contributed by atoms with Gasteiger partial charge in [0.15, 0.2) is 0 Å². The van der Waals surface area contributed by atoms with Crippen LogP contribution in [-0.2, 0) is 6.42 Å². The van der Waals surface area contributed by atoms with Crippen LogP contribution in [-0.4, -0.2) is 11.5 Å². The summed E-state index contributed by atoms with van der Waals surface area (Å²) in [7, 11) is 0. The molecule has 0 aliphatic carbocycles. The van der Waals surface area contributed by atoms with Crippen LogP contribution in [0.2, 0.25) is 0 Å². The highest BCUT2D eigenvalue weighted by atomic mass is 32.1. The van der Waals surface area contributed by atoms with Gasteiger partial charge in [-0.1, -0.05) is 0 Å². The van der Waals surface area contributed by atoms with E-state index in [0.717, 1.165) is 13.0 Å². The molecule has 0 saturated carbocycles. The first-order valence-electron chi connectivity index (χ1n) is 2.74. The van der Waals surface area contributed by atoms with Crippen LogP contribution < -0.4 is 11.3 Å². The molecule has 0 spiro atoms. The van der Waals surface area contributed by atoms with Gasteiger partial charge in [0.2, 0.25) is 0 Å². The molecule has 3 N–H and O–H groups in total. The number of aromatic nitrogens is 1. The Kier molecular flexibility index (Phi) is 2.63. The maximum Gasteiger partial charge on any atom is 0.0794 e. The molecule has 0 unspecified atom stereocenters. The van der Waals surface area contributed by atoms with Crippen molar-refractivity contribution < 1.29 is 0 Å². The average molecular weight is 143 g/mol. The first-order chi connectivity index (χ1) is 4.43. The maximum absolute atomic E-state index is 5.08. The van der Waals surface area contributed by atoms with Crippen molar-refractivity contribution in [3.8, 4) is 0 Å². The van der Waals surface area contributed by atoms with Gasteiger partial charge >= 0.3 is 0 Å². The fourth-order valence-corrected chi connectivity index (χ4v) is 1.16. The third-order valence-electron chi connectivity index (χ3n) is 0.999. The fourth-order valence-electron chi connectivity index (χ4n) is 0.561. The molecule has 3 nitrogen and oxygen atoms in total. The van der Waals surface area contributed by atoms with E-state index < -0.39 is 0 Å². The third-order valence-corrected chi connectivity index (χ3v) is 1.84. The summed E-state index contributed by atoms with van der Waals surface area (Å²) in [5, 5.41) is 0. The second kappa shape index (κ2) is 3.55. The monoisotopic (exact) mass is 143 g/mol. The number of nitrogens with one attached hydrogen (secondary N) is 1. The number of hydrogen-bond donors (Lipinski definition) is 2. The van der Waals surface area contributed by atoms with E-state index in [2.05, 4.69) is 10.4 Å². The lowest BCUT2D eigenvalue weighted by Gasteiger charge is -1.92. The van der Waals surface area contributed by atoms with Crippen LogP contribution in [0.3, 0.4) is 0 Å². The molecule has 50 valence electrons. The Balaban J connectivity index is 2.30. The fraction of sp³-hybridized carbons (Fsp3) is 0.400. The summed E-state index contributed by atoms with van der Waals surface area (Å²) in [6, 6.07) is 0. The van der Waals surface area contributed by atoms with E-state index >= 15 is 0 Å². The molecule has 0 aliphatic heterocycles. The Hall–Kier alpha value is -0.450. The van der Waals surface area contributed by atoms with E-state index in [1.165, 1.54) is 4.88 Å². The zero-order valence-corrected chi connectivity index (χ0v) is 5.82. The normalized spacial score (nSPS) is 9.89. The van der Waals surface area contributed by atoms with Crippen molar-refractivity contribution in [2.75, 3.05) is 6.54 Å². The Bertz CT molecular complexity index is 149. The molecule has 4 heteroatoms.